The van der Waals surface area contributed by atoms with Crippen LogP contribution in [-0.2, 0) is 30.2 Å². The van der Waals surface area contributed by atoms with Crippen molar-refractivity contribution in [3.05, 3.63) is 29.8 Å². The summed E-state index contributed by atoms with van der Waals surface area (Å²) in [5.41, 5.74) is -0.530. The lowest BCUT2D eigenvalue weighted by atomic mass is 9.80. The van der Waals surface area contributed by atoms with Crippen LogP contribution in [0.5, 0.6) is 0 Å². The molecule has 11 heteroatoms. The molecule has 1 saturated heterocycles. The lowest BCUT2D eigenvalue weighted by Crippen LogP contribution is -2.45. The predicted molar refractivity (Wildman–Crippen MR) is 123 cm³/mol. The van der Waals surface area contributed by atoms with Gasteiger partial charge in [0.25, 0.3) is 0 Å². The molecule has 0 spiro atoms. The number of benzene rings is 1. The number of ether oxygens (including phenoxy) is 4. The van der Waals surface area contributed by atoms with E-state index in [9.17, 15) is 24.4 Å². The third kappa shape index (κ3) is 8.21. The SMILES string of the molecule is CC(=O)O[C@@H]1[C@@H](OC(=O)OC(C)(C)C)CN(C(=O)OC(C)(C)C)[C@@H]1Cc1ccc(B(O)O)cc1. The molecule has 10 nitrogen and oxygen atoms in total. The lowest BCUT2D eigenvalue weighted by Gasteiger charge is -2.30. The maximum absolute atomic E-state index is 13.0. The molecule has 1 amide bonds. The Balaban J connectivity index is 2.36. The molecule has 0 saturated carbocycles. The first-order valence-corrected chi connectivity index (χ1v) is 11.1. The van der Waals surface area contributed by atoms with E-state index in [0.29, 0.717) is 5.46 Å². The van der Waals surface area contributed by atoms with E-state index in [1.807, 2.05) is 0 Å². The summed E-state index contributed by atoms with van der Waals surface area (Å²) >= 11 is 0. The van der Waals surface area contributed by atoms with Crippen molar-refractivity contribution >= 4 is 30.8 Å². The van der Waals surface area contributed by atoms with Crippen molar-refractivity contribution in [3.8, 4) is 0 Å². The molecule has 1 fully saturated rings. The molecule has 2 N–H and O–H groups in total. The largest absolute Gasteiger partial charge is 0.509 e. The van der Waals surface area contributed by atoms with Crippen LogP contribution >= 0.6 is 0 Å². The minimum absolute atomic E-state index is 0.0653. The zero-order chi connectivity index (χ0) is 25.8. The van der Waals surface area contributed by atoms with Gasteiger partial charge in [0, 0.05) is 6.92 Å². The van der Waals surface area contributed by atoms with Crippen LogP contribution in [0.3, 0.4) is 0 Å². The fraction of sp³-hybridized carbons (Fsp3) is 0.609. The summed E-state index contributed by atoms with van der Waals surface area (Å²) in [6, 6.07) is 5.73. The van der Waals surface area contributed by atoms with Crippen molar-refractivity contribution in [1.82, 2.24) is 4.90 Å². The van der Waals surface area contributed by atoms with Gasteiger partial charge in [-0.1, -0.05) is 24.3 Å². The molecule has 1 aromatic carbocycles. The Morgan fingerprint density at radius 3 is 2.00 bits per heavy atom. The Labute approximate surface area is 200 Å². The summed E-state index contributed by atoms with van der Waals surface area (Å²) in [7, 11) is -1.61. The number of amides is 1. The molecule has 1 heterocycles. The van der Waals surface area contributed by atoms with Crippen LogP contribution in [0, 0.1) is 0 Å². The van der Waals surface area contributed by atoms with Crippen molar-refractivity contribution in [2.45, 2.75) is 84.3 Å². The van der Waals surface area contributed by atoms with Gasteiger partial charge in [0.15, 0.2) is 12.2 Å². The molecule has 1 aliphatic heterocycles. The van der Waals surface area contributed by atoms with Crippen molar-refractivity contribution in [2.24, 2.45) is 0 Å². The van der Waals surface area contributed by atoms with Crippen LogP contribution in [0.25, 0.3) is 0 Å². The van der Waals surface area contributed by atoms with E-state index in [-0.39, 0.29) is 13.0 Å². The second-order valence-corrected chi connectivity index (χ2v) is 10.2. The van der Waals surface area contributed by atoms with Gasteiger partial charge in [-0.2, -0.15) is 0 Å². The van der Waals surface area contributed by atoms with E-state index < -0.39 is 54.8 Å². The Hall–Kier alpha value is -2.79. The molecule has 2 rings (SSSR count). The van der Waals surface area contributed by atoms with E-state index in [1.54, 1.807) is 65.8 Å². The zero-order valence-electron chi connectivity index (χ0n) is 20.7. The van der Waals surface area contributed by atoms with Gasteiger partial charge in [-0.05, 0) is 59.0 Å². The molecule has 0 unspecified atom stereocenters. The summed E-state index contributed by atoms with van der Waals surface area (Å²) in [5, 5.41) is 18.7. The zero-order valence-corrected chi connectivity index (χ0v) is 20.7. The number of likely N-dealkylation sites (tertiary alicyclic amines) is 1. The average molecular weight is 479 g/mol. The number of carbonyl (C=O) groups is 3. The number of hydrogen-bond donors (Lipinski definition) is 2. The summed E-state index contributed by atoms with van der Waals surface area (Å²) in [4.78, 5) is 38.6. The first-order chi connectivity index (χ1) is 15.6. The fourth-order valence-electron chi connectivity index (χ4n) is 3.53. The van der Waals surface area contributed by atoms with Crippen LogP contribution < -0.4 is 5.46 Å². The number of carbonyl (C=O) groups excluding carboxylic acids is 3. The minimum atomic E-state index is -1.61. The molecular weight excluding hydrogens is 445 g/mol. The summed E-state index contributed by atoms with van der Waals surface area (Å²) in [5.74, 6) is -0.599. The van der Waals surface area contributed by atoms with Crippen LogP contribution in [0.1, 0.15) is 54.0 Å². The van der Waals surface area contributed by atoms with Crippen LogP contribution in [0.15, 0.2) is 24.3 Å². The van der Waals surface area contributed by atoms with Crippen molar-refractivity contribution in [2.75, 3.05) is 6.54 Å². The Morgan fingerprint density at radius 1 is 0.971 bits per heavy atom. The fourth-order valence-corrected chi connectivity index (χ4v) is 3.53. The standard InChI is InChI=1S/C23H34BNO9/c1-14(26)31-19-17(12-15-8-10-16(11-9-15)24(29)30)25(20(27)33-22(2,3)4)13-18(19)32-21(28)34-23(5,6)7/h8-11,17-19,29-30H,12-13H2,1-7H3/t17-,18+,19+/m1/s1. The molecular formula is C23H34BNO9. The second-order valence-electron chi connectivity index (χ2n) is 10.2. The van der Waals surface area contributed by atoms with E-state index in [2.05, 4.69) is 0 Å². The molecule has 3 atom stereocenters. The first kappa shape index (κ1) is 27.5. The highest BCUT2D eigenvalue weighted by Crippen LogP contribution is 2.29. The quantitative estimate of drug-likeness (QED) is 0.369. The van der Waals surface area contributed by atoms with E-state index in [1.165, 1.54) is 11.8 Å². The third-order valence-corrected chi connectivity index (χ3v) is 4.81. The first-order valence-electron chi connectivity index (χ1n) is 11.1. The van der Waals surface area contributed by atoms with Gasteiger partial charge < -0.3 is 29.0 Å². The third-order valence-electron chi connectivity index (χ3n) is 4.81. The highest BCUT2D eigenvalue weighted by Gasteiger charge is 2.49. The van der Waals surface area contributed by atoms with Gasteiger partial charge in [0.1, 0.15) is 11.2 Å². The van der Waals surface area contributed by atoms with E-state index >= 15 is 0 Å². The van der Waals surface area contributed by atoms with Crippen molar-refractivity contribution < 1.29 is 43.4 Å². The molecule has 1 aliphatic rings. The van der Waals surface area contributed by atoms with Gasteiger partial charge in [-0.25, -0.2) is 9.59 Å². The predicted octanol–water partition coefficient (Wildman–Crippen LogP) is 1.78. The number of esters is 1. The number of hydrogen-bond acceptors (Lipinski definition) is 9. The summed E-state index contributed by atoms with van der Waals surface area (Å²) < 4.78 is 21.8. The molecule has 0 bridgehead atoms. The highest BCUT2D eigenvalue weighted by atomic mass is 16.7. The Bertz CT molecular complexity index is 874. The molecule has 1 aromatic rings. The second kappa shape index (κ2) is 10.6. The minimum Gasteiger partial charge on any atom is -0.456 e. The number of rotatable bonds is 5. The van der Waals surface area contributed by atoms with Gasteiger partial charge in [-0.3, -0.25) is 9.69 Å². The monoisotopic (exact) mass is 479 g/mol. The van der Waals surface area contributed by atoms with Crippen LogP contribution in [-0.4, -0.2) is 76.3 Å². The smallest absolute Gasteiger partial charge is 0.456 e. The van der Waals surface area contributed by atoms with E-state index in [4.69, 9.17) is 18.9 Å². The topological polar surface area (TPSA) is 132 Å². The van der Waals surface area contributed by atoms with Crippen molar-refractivity contribution in [1.29, 1.82) is 0 Å². The maximum Gasteiger partial charge on any atom is 0.509 e. The maximum atomic E-state index is 13.0. The number of nitrogens with zero attached hydrogens (tertiary/aromatic N) is 1. The average Bonchev–Trinajstić information content (AvgIpc) is 2.96. The lowest BCUT2D eigenvalue weighted by molar-refractivity contribution is -0.153. The van der Waals surface area contributed by atoms with Gasteiger partial charge in [0.05, 0.1) is 12.6 Å². The normalized spacial score (nSPS) is 20.5. The van der Waals surface area contributed by atoms with Gasteiger partial charge >= 0.3 is 25.3 Å². The molecule has 0 aromatic heterocycles. The molecule has 0 radical (unpaired) electrons. The highest BCUT2D eigenvalue weighted by molar-refractivity contribution is 6.58. The van der Waals surface area contributed by atoms with Crippen LogP contribution in [0.4, 0.5) is 9.59 Å². The summed E-state index contributed by atoms with van der Waals surface area (Å²) in [6.45, 7) is 11.4. The Kier molecular flexibility index (Phi) is 8.60. The van der Waals surface area contributed by atoms with Gasteiger partial charge in [0.2, 0.25) is 0 Å². The Morgan fingerprint density at radius 2 is 1.53 bits per heavy atom. The molecule has 34 heavy (non-hydrogen) atoms. The van der Waals surface area contributed by atoms with Crippen molar-refractivity contribution in [3.63, 3.8) is 0 Å². The summed E-state index contributed by atoms with van der Waals surface area (Å²) in [6.07, 6.45) is -3.31. The molecule has 188 valence electrons. The van der Waals surface area contributed by atoms with Crippen LogP contribution in [0.2, 0.25) is 0 Å². The van der Waals surface area contributed by atoms with E-state index in [0.717, 1.165) is 5.56 Å². The van der Waals surface area contributed by atoms with Gasteiger partial charge in [-0.15, -0.1) is 0 Å². The molecule has 0 aliphatic carbocycles.